The van der Waals surface area contributed by atoms with Gasteiger partial charge in [-0.2, -0.15) is 0 Å². The molecular weight excluding hydrogens is 222 g/mol. The summed E-state index contributed by atoms with van der Waals surface area (Å²) in [4.78, 5) is 21.9. The van der Waals surface area contributed by atoms with Gasteiger partial charge in [0.05, 0.1) is 13.0 Å². The van der Waals surface area contributed by atoms with E-state index in [1.165, 1.54) is 0 Å². The van der Waals surface area contributed by atoms with E-state index in [2.05, 4.69) is 0 Å². The van der Waals surface area contributed by atoms with Crippen molar-refractivity contribution in [2.75, 3.05) is 6.54 Å². The molecule has 1 aromatic rings. The summed E-state index contributed by atoms with van der Waals surface area (Å²) < 4.78 is 0. The van der Waals surface area contributed by atoms with Crippen LogP contribution in [0.15, 0.2) is 24.3 Å². The molecule has 0 heterocycles. The van der Waals surface area contributed by atoms with Gasteiger partial charge in [0.2, 0.25) is 0 Å². The van der Waals surface area contributed by atoms with E-state index >= 15 is 0 Å². The topological polar surface area (TPSA) is 77.8 Å². The summed E-state index contributed by atoms with van der Waals surface area (Å²) in [5.41, 5.74) is 1.44. The van der Waals surface area contributed by atoms with Crippen LogP contribution < -0.4 is 0 Å². The highest BCUT2D eigenvalue weighted by Gasteiger charge is 2.14. The van der Waals surface area contributed by atoms with Gasteiger partial charge in [-0.1, -0.05) is 19.1 Å². The number of benzene rings is 1. The first kappa shape index (κ1) is 13.2. The number of amides is 1. The average Bonchev–Trinajstić information content (AvgIpc) is 2.35. The van der Waals surface area contributed by atoms with Crippen LogP contribution in [-0.2, 0) is 11.2 Å². The third kappa shape index (κ3) is 3.88. The molecule has 1 amide bonds. The van der Waals surface area contributed by atoms with E-state index in [4.69, 9.17) is 5.11 Å². The van der Waals surface area contributed by atoms with Crippen molar-refractivity contribution in [3.8, 4) is 0 Å². The van der Waals surface area contributed by atoms with Crippen molar-refractivity contribution in [3.05, 3.63) is 35.4 Å². The molecule has 0 aliphatic carbocycles. The molecule has 17 heavy (non-hydrogen) atoms. The maximum atomic E-state index is 11.6. The molecule has 0 fully saturated rings. The second-order valence-corrected chi connectivity index (χ2v) is 3.62. The van der Waals surface area contributed by atoms with Crippen molar-refractivity contribution in [2.45, 2.75) is 19.8 Å². The summed E-state index contributed by atoms with van der Waals surface area (Å²) in [5.74, 6) is -1.65. The minimum Gasteiger partial charge on any atom is -0.481 e. The zero-order valence-electron chi connectivity index (χ0n) is 9.59. The Morgan fingerprint density at radius 3 is 2.29 bits per heavy atom. The van der Waals surface area contributed by atoms with Gasteiger partial charge in [0.25, 0.3) is 5.91 Å². The zero-order valence-corrected chi connectivity index (χ0v) is 9.59. The van der Waals surface area contributed by atoms with E-state index in [9.17, 15) is 14.8 Å². The van der Waals surface area contributed by atoms with Gasteiger partial charge in [-0.15, -0.1) is 0 Å². The van der Waals surface area contributed by atoms with Gasteiger partial charge in [-0.25, -0.2) is 5.06 Å². The van der Waals surface area contributed by atoms with Crippen molar-refractivity contribution < 1.29 is 19.9 Å². The molecule has 0 aliphatic heterocycles. The SMILES string of the molecule is CCc1ccc(C(=O)N(O)CCC(=O)O)cc1. The number of rotatable bonds is 5. The van der Waals surface area contributed by atoms with Crippen LogP contribution in [0, 0.1) is 0 Å². The molecular formula is C12H15NO4. The van der Waals surface area contributed by atoms with Crippen LogP contribution in [0.5, 0.6) is 0 Å². The maximum absolute atomic E-state index is 11.6. The van der Waals surface area contributed by atoms with E-state index in [1.807, 2.05) is 6.92 Å². The lowest BCUT2D eigenvalue weighted by Gasteiger charge is -2.13. The standard InChI is InChI=1S/C12H15NO4/c1-2-9-3-5-10(6-4-9)12(16)13(17)8-7-11(14)15/h3-6,17H,2,7-8H2,1H3,(H,14,15). The van der Waals surface area contributed by atoms with Crippen LogP contribution in [-0.4, -0.2) is 33.8 Å². The fourth-order valence-corrected chi connectivity index (χ4v) is 1.34. The predicted octanol–water partition coefficient (Wildman–Crippen LogP) is 1.56. The van der Waals surface area contributed by atoms with Crippen molar-refractivity contribution >= 4 is 11.9 Å². The highest BCUT2D eigenvalue weighted by molar-refractivity contribution is 5.93. The number of hydrogen-bond acceptors (Lipinski definition) is 3. The smallest absolute Gasteiger partial charge is 0.305 e. The second-order valence-electron chi connectivity index (χ2n) is 3.62. The molecule has 0 spiro atoms. The number of aliphatic carboxylic acids is 1. The van der Waals surface area contributed by atoms with Gasteiger partial charge in [0.1, 0.15) is 0 Å². The number of carbonyl (C=O) groups is 2. The molecule has 0 saturated carbocycles. The Labute approximate surface area is 99.2 Å². The Kier molecular flexibility index (Phi) is 4.66. The van der Waals surface area contributed by atoms with Crippen molar-refractivity contribution in [1.82, 2.24) is 5.06 Å². The lowest BCUT2D eigenvalue weighted by atomic mass is 10.1. The molecule has 0 unspecified atom stereocenters. The largest absolute Gasteiger partial charge is 0.481 e. The Balaban J connectivity index is 2.64. The van der Waals surface area contributed by atoms with Crippen LogP contribution in [0.4, 0.5) is 0 Å². The first-order valence-electron chi connectivity index (χ1n) is 5.36. The third-order valence-corrected chi connectivity index (χ3v) is 2.38. The molecule has 92 valence electrons. The van der Waals surface area contributed by atoms with Crippen molar-refractivity contribution in [2.24, 2.45) is 0 Å². The van der Waals surface area contributed by atoms with Gasteiger partial charge in [0.15, 0.2) is 0 Å². The number of nitrogens with zero attached hydrogens (tertiary/aromatic N) is 1. The molecule has 5 nitrogen and oxygen atoms in total. The molecule has 1 rings (SSSR count). The minimum atomic E-state index is -1.06. The van der Waals surface area contributed by atoms with E-state index < -0.39 is 11.9 Å². The van der Waals surface area contributed by atoms with Crippen LogP contribution in [0.3, 0.4) is 0 Å². The highest BCUT2D eigenvalue weighted by atomic mass is 16.5. The highest BCUT2D eigenvalue weighted by Crippen LogP contribution is 2.07. The van der Waals surface area contributed by atoms with Crippen LogP contribution in [0.1, 0.15) is 29.3 Å². The normalized spacial score (nSPS) is 10.0. The average molecular weight is 237 g/mol. The molecule has 0 radical (unpaired) electrons. The summed E-state index contributed by atoms with van der Waals surface area (Å²) >= 11 is 0. The Morgan fingerprint density at radius 1 is 1.24 bits per heavy atom. The zero-order chi connectivity index (χ0) is 12.8. The molecule has 0 atom stereocenters. The molecule has 1 aromatic carbocycles. The van der Waals surface area contributed by atoms with E-state index in [0.29, 0.717) is 10.6 Å². The van der Waals surface area contributed by atoms with Gasteiger partial charge < -0.3 is 5.11 Å². The van der Waals surface area contributed by atoms with E-state index in [-0.39, 0.29) is 13.0 Å². The molecule has 0 bridgehead atoms. The van der Waals surface area contributed by atoms with E-state index in [1.54, 1.807) is 24.3 Å². The number of hydroxylamine groups is 2. The minimum absolute atomic E-state index is 0.219. The van der Waals surface area contributed by atoms with Crippen molar-refractivity contribution in [1.29, 1.82) is 0 Å². The monoisotopic (exact) mass is 237 g/mol. The summed E-state index contributed by atoms with van der Waals surface area (Å²) in [6, 6.07) is 6.84. The summed E-state index contributed by atoms with van der Waals surface area (Å²) in [7, 11) is 0. The lowest BCUT2D eigenvalue weighted by Crippen LogP contribution is -2.29. The first-order valence-corrected chi connectivity index (χ1v) is 5.36. The first-order chi connectivity index (χ1) is 8.04. The molecule has 0 aliphatic rings. The van der Waals surface area contributed by atoms with Crippen LogP contribution in [0.2, 0.25) is 0 Å². The van der Waals surface area contributed by atoms with Gasteiger partial charge in [-0.05, 0) is 24.1 Å². The van der Waals surface area contributed by atoms with Crippen LogP contribution in [0.25, 0.3) is 0 Å². The lowest BCUT2D eigenvalue weighted by molar-refractivity contribution is -0.139. The van der Waals surface area contributed by atoms with Crippen molar-refractivity contribution in [3.63, 3.8) is 0 Å². The quantitative estimate of drug-likeness (QED) is 0.601. The molecule has 5 heteroatoms. The Bertz CT molecular complexity index is 399. The number of carboxylic acids is 1. The number of aryl methyl sites for hydroxylation is 1. The number of carbonyl (C=O) groups excluding carboxylic acids is 1. The molecule has 2 N–H and O–H groups in total. The predicted molar refractivity (Wildman–Crippen MR) is 60.9 cm³/mol. The van der Waals surface area contributed by atoms with Gasteiger partial charge >= 0.3 is 5.97 Å². The third-order valence-electron chi connectivity index (χ3n) is 2.38. The van der Waals surface area contributed by atoms with E-state index in [0.717, 1.165) is 12.0 Å². The molecule has 0 saturated heterocycles. The summed E-state index contributed by atoms with van der Waals surface area (Å²) in [5, 5.41) is 18.2. The fraction of sp³-hybridized carbons (Fsp3) is 0.333. The fourth-order valence-electron chi connectivity index (χ4n) is 1.34. The maximum Gasteiger partial charge on any atom is 0.305 e. The number of carboxylic acid groups (broad SMARTS) is 1. The Morgan fingerprint density at radius 2 is 1.82 bits per heavy atom. The summed E-state index contributed by atoms with van der Waals surface area (Å²) in [6.07, 6.45) is 0.589. The Hall–Kier alpha value is -1.88. The number of hydrogen-bond donors (Lipinski definition) is 2. The molecule has 0 aromatic heterocycles. The van der Waals surface area contributed by atoms with Gasteiger partial charge in [0, 0.05) is 5.56 Å². The second kappa shape index (κ2) is 6.00. The summed E-state index contributed by atoms with van der Waals surface area (Å²) in [6.45, 7) is 1.78. The van der Waals surface area contributed by atoms with Crippen LogP contribution >= 0.6 is 0 Å². The van der Waals surface area contributed by atoms with Gasteiger partial charge in [-0.3, -0.25) is 14.8 Å².